The van der Waals surface area contributed by atoms with Gasteiger partial charge in [0, 0.05) is 39.6 Å². The van der Waals surface area contributed by atoms with E-state index in [1.165, 1.54) is 22.7 Å². The van der Waals surface area contributed by atoms with Gasteiger partial charge in [-0.3, -0.25) is 4.79 Å². The van der Waals surface area contributed by atoms with E-state index in [4.69, 9.17) is 0 Å². The van der Waals surface area contributed by atoms with Gasteiger partial charge in [0.2, 0.25) is 0 Å². The normalized spacial score (nSPS) is 10.7. The van der Waals surface area contributed by atoms with Crippen LogP contribution in [0.15, 0.2) is 53.3 Å². The second kappa shape index (κ2) is 6.79. The maximum Gasteiger partial charge on any atom is 0.288 e. The van der Waals surface area contributed by atoms with E-state index < -0.39 is 0 Å². The Morgan fingerprint density at radius 2 is 0.958 bits per heavy atom. The van der Waals surface area contributed by atoms with Crippen molar-refractivity contribution in [2.45, 2.75) is 0 Å². The molecule has 0 aliphatic heterocycles. The second-order valence-corrected chi connectivity index (χ2v) is 8.22. The first-order valence-corrected chi connectivity index (χ1v) is 9.28. The molecule has 3 aromatic rings. The van der Waals surface area contributed by atoms with Crippen LogP contribution in [0.2, 0.25) is 0 Å². The van der Waals surface area contributed by atoms with Crippen molar-refractivity contribution in [3.63, 3.8) is 0 Å². The van der Waals surface area contributed by atoms with E-state index in [9.17, 15) is 4.79 Å². The molecular formula is C19H20N2OS2. The van der Waals surface area contributed by atoms with Gasteiger partial charge in [0.15, 0.2) is 0 Å². The van der Waals surface area contributed by atoms with E-state index in [1.54, 1.807) is 0 Å². The van der Waals surface area contributed by atoms with Crippen LogP contribution in [-0.4, -0.2) is 28.2 Å². The molecule has 0 spiro atoms. The van der Waals surface area contributed by atoms with Crippen LogP contribution < -0.4 is 13.9 Å². The fourth-order valence-electron chi connectivity index (χ4n) is 2.48. The fourth-order valence-corrected chi connectivity index (χ4v) is 4.66. The molecule has 0 unspecified atom stereocenters. The van der Waals surface area contributed by atoms with Gasteiger partial charge in [-0.05, 0) is 35.4 Å². The largest absolute Gasteiger partial charge is 0.378 e. The highest BCUT2D eigenvalue weighted by Crippen LogP contribution is 2.38. The number of anilines is 2. The quantitative estimate of drug-likeness (QED) is 0.681. The monoisotopic (exact) mass is 356 g/mol. The zero-order chi connectivity index (χ0) is 17.3. The Morgan fingerprint density at radius 3 is 1.25 bits per heavy atom. The lowest BCUT2D eigenvalue weighted by Gasteiger charge is -2.13. The summed E-state index contributed by atoms with van der Waals surface area (Å²) < 4.78 is 0.133. The number of benzene rings is 2. The topological polar surface area (TPSA) is 23.6 Å². The number of hydrogen-bond acceptors (Lipinski definition) is 5. The minimum absolute atomic E-state index is 0.133. The predicted molar refractivity (Wildman–Crippen MR) is 108 cm³/mol. The summed E-state index contributed by atoms with van der Waals surface area (Å²) in [5, 5.41) is 0. The predicted octanol–water partition coefficient (Wildman–Crippen LogP) is 4.64. The molecule has 0 bridgehead atoms. The molecule has 5 heteroatoms. The Kier molecular flexibility index (Phi) is 4.73. The summed E-state index contributed by atoms with van der Waals surface area (Å²) in [5.74, 6) is 0. The Morgan fingerprint density at radius 1 is 0.625 bits per heavy atom. The summed E-state index contributed by atoms with van der Waals surface area (Å²) in [6, 6.07) is 16.7. The number of hydrogen-bond donors (Lipinski definition) is 0. The van der Waals surface area contributed by atoms with Crippen molar-refractivity contribution in [1.82, 2.24) is 0 Å². The van der Waals surface area contributed by atoms with Gasteiger partial charge in [0.05, 0.1) is 9.75 Å². The maximum absolute atomic E-state index is 12.0. The van der Waals surface area contributed by atoms with Crippen LogP contribution in [0, 0.1) is 0 Å². The molecule has 0 saturated heterocycles. The van der Waals surface area contributed by atoms with Crippen molar-refractivity contribution in [3.05, 3.63) is 57.4 Å². The summed E-state index contributed by atoms with van der Waals surface area (Å²) in [6.45, 7) is 0. The number of rotatable bonds is 4. The zero-order valence-corrected chi connectivity index (χ0v) is 15.9. The standard InChI is InChI=1S/C19H20N2OS2/c1-20(2)15-9-5-13(6-10-15)17-18(24-19(22)23-17)14-7-11-16(12-8-14)21(3)4/h5-12H,1-4H3. The molecular weight excluding hydrogens is 336 g/mol. The summed E-state index contributed by atoms with van der Waals surface area (Å²) in [4.78, 5) is 18.3. The molecule has 0 aliphatic rings. The van der Waals surface area contributed by atoms with Crippen molar-refractivity contribution in [2.24, 2.45) is 0 Å². The van der Waals surface area contributed by atoms with Crippen LogP contribution in [0.1, 0.15) is 0 Å². The summed E-state index contributed by atoms with van der Waals surface area (Å²) in [7, 11) is 8.09. The SMILES string of the molecule is CN(C)c1ccc(-c2sc(=O)sc2-c2ccc(N(C)C)cc2)cc1. The van der Waals surface area contributed by atoms with Gasteiger partial charge in [-0.1, -0.05) is 46.9 Å². The van der Waals surface area contributed by atoms with E-state index in [1.807, 2.05) is 28.2 Å². The molecule has 0 fully saturated rings. The van der Waals surface area contributed by atoms with Gasteiger partial charge < -0.3 is 9.80 Å². The van der Waals surface area contributed by atoms with Gasteiger partial charge in [0.1, 0.15) is 0 Å². The van der Waals surface area contributed by atoms with E-state index >= 15 is 0 Å². The Labute approximate surface area is 150 Å². The van der Waals surface area contributed by atoms with E-state index in [2.05, 4.69) is 58.3 Å². The highest BCUT2D eigenvalue weighted by atomic mass is 32.2. The number of nitrogens with zero attached hydrogens (tertiary/aromatic N) is 2. The molecule has 124 valence electrons. The molecule has 1 heterocycles. The van der Waals surface area contributed by atoms with Gasteiger partial charge in [-0.25, -0.2) is 0 Å². The lowest BCUT2D eigenvalue weighted by molar-refractivity contribution is 1.13. The third kappa shape index (κ3) is 3.37. The molecule has 3 rings (SSSR count). The van der Waals surface area contributed by atoms with E-state index in [0.717, 1.165) is 32.3 Å². The van der Waals surface area contributed by atoms with Crippen molar-refractivity contribution in [2.75, 3.05) is 38.0 Å². The smallest absolute Gasteiger partial charge is 0.288 e. The maximum atomic E-state index is 12.0. The molecule has 2 aromatic carbocycles. The van der Waals surface area contributed by atoms with E-state index in [0.29, 0.717) is 0 Å². The van der Waals surface area contributed by atoms with Crippen LogP contribution in [0.3, 0.4) is 0 Å². The zero-order valence-electron chi connectivity index (χ0n) is 14.2. The minimum Gasteiger partial charge on any atom is -0.378 e. The molecule has 0 aliphatic carbocycles. The summed E-state index contributed by atoms with van der Waals surface area (Å²) in [6.07, 6.45) is 0. The Bertz CT molecular complexity index is 803. The van der Waals surface area contributed by atoms with Gasteiger partial charge in [-0.2, -0.15) is 0 Å². The lowest BCUT2D eigenvalue weighted by Crippen LogP contribution is -2.08. The van der Waals surface area contributed by atoms with Crippen molar-refractivity contribution in [1.29, 1.82) is 0 Å². The average Bonchev–Trinajstić information content (AvgIpc) is 2.97. The van der Waals surface area contributed by atoms with Crippen LogP contribution in [0.4, 0.5) is 11.4 Å². The van der Waals surface area contributed by atoms with Gasteiger partial charge in [0.25, 0.3) is 4.06 Å². The summed E-state index contributed by atoms with van der Waals surface area (Å²) in [5.41, 5.74) is 4.49. The lowest BCUT2D eigenvalue weighted by atomic mass is 10.1. The molecule has 0 atom stereocenters. The second-order valence-electron chi connectivity index (χ2n) is 5.99. The van der Waals surface area contributed by atoms with Crippen LogP contribution in [0.5, 0.6) is 0 Å². The Hall–Kier alpha value is -2.11. The van der Waals surface area contributed by atoms with Crippen LogP contribution in [-0.2, 0) is 0 Å². The summed E-state index contributed by atoms with van der Waals surface area (Å²) >= 11 is 2.65. The first-order chi connectivity index (χ1) is 11.5. The van der Waals surface area contributed by atoms with Gasteiger partial charge >= 0.3 is 0 Å². The average molecular weight is 357 g/mol. The third-order valence-electron chi connectivity index (χ3n) is 3.87. The molecule has 0 amide bonds. The molecule has 3 nitrogen and oxygen atoms in total. The van der Waals surface area contributed by atoms with Gasteiger partial charge in [-0.15, -0.1) is 0 Å². The van der Waals surface area contributed by atoms with Crippen molar-refractivity contribution in [3.8, 4) is 20.9 Å². The van der Waals surface area contributed by atoms with Crippen LogP contribution >= 0.6 is 22.7 Å². The Balaban J connectivity index is 2.03. The van der Waals surface area contributed by atoms with Crippen LogP contribution in [0.25, 0.3) is 20.9 Å². The highest BCUT2D eigenvalue weighted by molar-refractivity contribution is 7.32. The molecule has 0 radical (unpaired) electrons. The highest BCUT2D eigenvalue weighted by Gasteiger charge is 2.13. The van der Waals surface area contributed by atoms with E-state index in [-0.39, 0.29) is 4.06 Å². The fraction of sp³-hybridized carbons (Fsp3) is 0.211. The molecule has 0 saturated carbocycles. The first-order valence-electron chi connectivity index (χ1n) is 7.65. The first kappa shape index (κ1) is 16.7. The molecule has 24 heavy (non-hydrogen) atoms. The van der Waals surface area contributed by atoms with Crippen molar-refractivity contribution >= 4 is 34.0 Å². The molecule has 0 N–H and O–H groups in total. The third-order valence-corrected chi connectivity index (χ3v) is 6.12. The minimum atomic E-state index is 0.133. The molecule has 1 aromatic heterocycles. The van der Waals surface area contributed by atoms with Crippen molar-refractivity contribution < 1.29 is 0 Å².